The second-order valence-corrected chi connectivity index (χ2v) is 11.5. The molecule has 1 rings (SSSR count). The average molecular weight is 513 g/mol. The third kappa shape index (κ3) is 19.7. The molecule has 212 valence electrons. The number of rotatable bonds is 20. The molecule has 6 heteroatoms. The molecule has 0 aliphatic heterocycles. The van der Waals surface area contributed by atoms with Crippen molar-refractivity contribution in [1.29, 1.82) is 0 Å². The molecule has 0 N–H and O–H groups in total. The Bertz CT molecular complexity index is 548. The van der Waals surface area contributed by atoms with Gasteiger partial charge in [-0.25, -0.2) is 9.59 Å². The molecule has 0 radical (unpaired) electrons. The topological polar surface area (TPSA) is 71.1 Å². The van der Waals surface area contributed by atoms with E-state index in [0.717, 1.165) is 56.8 Å². The summed E-state index contributed by atoms with van der Waals surface area (Å²) in [7, 11) is 0. The molecule has 0 saturated heterocycles. The highest BCUT2D eigenvalue weighted by atomic mass is 16.7. The fourth-order valence-corrected chi connectivity index (χ4v) is 4.69. The molecule has 2 atom stereocenters. The van der Waals surface area contributed by atoms with Crippen LogP contribution in [0.3, 0.4) is 0 Å². The molecule has 1 fully saturated rings. The lowest BCUT2D eigenvalue weighted by atomic mass is 9.95. The molecule has 0 spiro atoms. The standard InChI is InChI=1S/C30H56O6/c1-25(2)18-13-9-6-5-7-11-15-22-33-29(31)35-27-20-17-21-28(24-27)36-30(32)34-23-16-12-8-10-14-19-26(3)4/h25-28H,5-24H2,1-4H3. The second-order valence-electron chi connectivity index (χ2n) is 11.5. The van der Waals surface area contributed by atoms with Crippen molar-refractivity contribution in [3.05, 3.63) is 0 Å². The summed E-state index contributed by atoms with van der Waals surface area (Å²) in [4.78, 5) is 24.0. The van der Waals surface area contributed by atoms with Gasteiger partial charge < -0.3 is 18.9 Å². The van der Waals surface area contributed by atoms with Crippen molar-refractivity contribution < 1.29 is 28.5 Å². The Kier molecular flexibility index (Phi) is 19.5. The molecule has 2 unspecified atom stereocenters. The summed E-state index contributed by atoms with van der Waals surface area (Å²) in [5.41, 5.74) is 0. The first-order valence-corrected chi connectivity index (χ1v) is 15.0. The van der Waals surface area contributed by atoms with Crippen LogP contribution in [0.1, 0.15) is 143 Å². The number of carbonyl (C=O) groups excluding carboxylic acids is 2. The van der Waals surface area contributed by atoms with E-state index >= 15 is 0 Å². The van der Waals surface area contributed by atoms with Crippen LogP contribution in [-0.4, -0.2) is 37.7 Å². The third-order valence-electron chi connectivity index (χ3n) is 6.90. The molecule has 0 aromatic heterocycles. The molecule has 36 heavy (non-hydrogen) atoms. The van der Waals surface area contributed by atoms with E-state index in [1.807, 2.05) is 0 Å². The van der Waals surface area contributed by atoms with Gasteiger partial charge in [-0.1, -0.05) is 105 Å². The molecule has 6 nitrogen and oxygen atoms in total. The van der Waals surface area contributed by atoms with Crippen LogP contribution in [0.15, 0.2) is 0 Å². The molecular weight excluding hydrogens is 456 g/mol. The summed E-state index contributed by atoms with van der Waals surface area (Å²) in [6, 6.07) is 0. The van der Waals surface area contributed by atoms with Gasteiger partial charge in [-0.15, -0.1) is 0 Å². The van der Waals surface area contributed by atoms with Crippen LogP contribution in [0.5, 0.6) is 0 Å². The van der Waals surface area contributed by atoms with Gasteiger partial charge in [0.25, 0.3) is 0 Å². The van der Waals surface area contributed by atoms with Gasteiger partial charge in [0.15, 0.2) is 0 Å². The van der Waals surface area contributed by atoms with E-state index in [-0.39, 0.29) is 12.2 Å². The van der Waals surface area contributed by atoms with Crippen molar-refractivity contribution in [2.75, 3.05) is 13.2 Å². The van der Waals surface area contributed by atoms with Crippen LogP contribution in [-0.2, 0) is 18.9 Å². The van der Waals surface area contributed by atoms with E-state index in [1.165, 1.54) is 64.2 Å². The van der Waals surface area contributed by atoms with Crippen molar-refractivity contribution in [2.24, 2.45) is 11.8 Å². The molecule has 1 aliphatic carbocycles. The Morgan fingerprint density at radius 1 is 0.583 bits per heavy atom. The first kappa shape index (κ1) is 32.6. The van der Waals surface area contributed by atoms with Crippen molar-refractivity contribution >= 4 is 12.3 Å². The summed E-state index contributed by atoms with van der Waals surface area (Å²) in [6.45, 7) is 9.88. The largest absolute Gasteiger partial charge is 0.508 e. The number of hydrogen-bond acceptors (Lipinski definition) is 6. The van der Waals surface area contributed by atoms with Crippen LogP contribution < -0.4 is 0 Å². The van der Waals surface area contributed by atoms with Crippen molar-refractivity contribution in [1.82, 2.24) is 0 Å². The minimum Gasteiger partial charge on any atom is -0.434 e. The molecule has 0 heterocycles. The molecule has 0 amide bonds. The fourth-order valence-electron chi connectivity index (χ4n) is 4.69. The Morgan fingerprint density at radius 2 is 0.944 bits per heavy atom. The van der Waals surface area contributed by atoms with Crippen LogP contribution >= 0.6 is 0 Å². The first-order valence-electron chi connectivity index (χ1n) is 15.0. The summed E-state index contributed by atoms with van der Waals surface area (Å²) >= 11 is 0. The minimum absolute atomic E-state index is 0.263. The highest BCUT2D eigenvalue weighted by Crippen LogP contribution is 2.24. The maximum absolute atomic E-state index is 12.0. The second kappa shape index (κ2) is 21.6. The maximum atomic E-state index is 12.0. The molecule has 0 aromatic carbocycles. The molecule has 0 bridgehead atoms. The van der Waals surface area contributed by atoms with E-state index < -0.39 is 12.3 Å². The van der Waals surface area contributed by atoms with E-state index in [2.05, 4.69) is 27.7 Å². The molecule has 1 saturated carbocycles. The van der Waals surface area contributed by atoms with Gasteiger partial charge in [-0.3, -0.25) is 0 Å². The Labute approximate surface area is 221 Å². The quantitative estimate of drug-likeness (QED) is 0.119. The number of carbonyl (C=O) groups is 2. The van der Waals surface area contributed by atoms with Gasteiger partial charge in [0.1, 0.15) is 12.2 Å². The van der Waals surface area contributed by atoms with Gasteiger partial charge in [0, 0.05) is 6.42 Å². The van der Waals surface area contributed by atoms with E-state index in [4.69, 9.17) is 18.9 Å². The lowest BCUT2D eigenvalue weighted by molar-refractivity contribution is -0.0350. The number of unbranched alkanes of at least 4 members (excludes halogenated alkanes) is 10. The molecule has 0 aromatic rings. The van der Waals surface area contributed by atoms with E-state index in [9.17, 15) is 9.59 Å². The smallest absolute Gasteiger partial charge is 0.434 e. The van der Waals surface area contributed by atoms with E-state index in [1.54, 1.807) is 0 Å². The third-order valence-corrected chi connectivity index (χ3v) is 6.90. The van der Waals surface area contributed by atoms with Gasteiger partial charge in [0.2, 0.25) is 0 Å². The summed E-state index contributed by atoms with van der Waals surface area (Å²) in [6.07, 6.45) is 17.8. The van der Waals surface area contributed by atoms with Gasteiger partial charge in [-0.2, -0.15) is 0 Å². The Hall–Kier alpha value is -1.46. The van der Waals surface area contributed by atoms with Gasteiger partial charge in [-0.05, 0) is 43.9 Å². The van der Waals surface area contributed by atoms with E-state index in [0.29, 0.717) is 19.6 Å². The Balaban J connectivity index is 2.00. The monoisotopic (exact) mass is 512 g/mol. The van der Waals surface area contributed by atoms with Crippen LogP contribution in [0, 0.1) is 11.8 Å². The maximum Gasteiger partial charge on any atom is 0.508 e. The lowest BCUT2D eigenvalue weighted by Gasteiger charge is -2.28. The zero-order chi connectivity index (χ0) is 26.4. The summed E-state index contributed by atoms with van der Waals surface area (Å²) in [5.74, 6) is 1.58. The van der Waals surface area contributed by atoms with Gasteiger partial charge in [0.05, 0.1) is 13.2 Å². The highest BCUT2D eigenvalue weighted by molar-refractivity contribution is 5.60. The molecular formula is C30H56O6. The average Bonchev–Trinajstić information content (AvgIpc) is 2.81. The van der Waals surface area contributed by atoms with Crippen LogP contribution in [0.25, 0.3) is 0 Å². The highest BCUT2D eigenvalue weighted by Gasteiger charge is 2.28. The fraction of sp³-hybridized carbons (Fsp3) is 0.933. The first-order chi connectivity index (χ1) is 17.4. The predicted octanol–water partition coefficient (Wildman–Crippen LogP) is 9.38. The van der Waals surface area contributed by atoms with Crippen molar-refractivity contribution in [2.45, 2.75) is 155 Å². The lowest BCUT2D eigenvalue weighted by Crippen LogP contribution is -2.32. The summed E-state index contributed by atoms with van der Waals surface area (Å²) < 4.78 is 21.4. The predicted molar refractivity (Wildman–Crippen MR) is 145 cm³/mol. The van der Waals surface area contributed by atoms with Crippen molar-refractivity contribution in [3.8, 4) is 0 Å². The SMILES string of the molecule is CC(C)CCCCCCCCCOC(=O)OC1CCCC(OC(=O)OCCCCCCCC(C)C)C1. The number of hydrogen-bond donors (Lipinski definition) is 0. The van der Waals surface area contributed by atoms with Crippen LogP contribution in [0.2, 0.25) is 0 Å². The summed E-state index contributed by atoms with van der Waals surface area (Å²) in [5, 5.41) is 0. The normalized spacial score (nSPS) is 17.8. The Morgan fingerprint density at radius 3 is 1.33 bits per heavy atom. The zero-order valence-electron chi connectivity index (χ0n) is 23.9. The van der Waals surface area contributed by atoms with Crippen molar-refractivity contribution in [3.63, 3.8) is 0 Å². The molecule has 1 aliphatic rings. The van der Waals surface area contributed by atoms with Crippen LogP contribution in [0.4, 0.5) is 9.59 Å². The zero-order valence-corrected chi connectivity index (χ0v) is 23.9. The number of ether oxygens (including phenoxy) is 4. The van der Waals surface area contributed by atoms with Gasteiger partial charge >= 0.3 is 12.3 Å². The minimum atomic E-state index is -0.608.